The molecule has 5 nitrogen and oxygen atoms in total. The highest BCUT2D eigenvalue weighted by molar-refractivity contribution is 7.77. The number of hydrogen-bond acceptors (Lipinski definition) is 3. The molecule has 0 aromatic carbocycles. The molecule has 0 fully saturated rings. The molecule has 60 valence electrons. The largest absolute Gasteiger partial charge is 0.375 e. The Kier molecular flexibility index (Phi) is 4.17. The summed E-state index contributed by atoms with van der Waals surface area (Å²) in [6.07, 6.45) is 0. The van der Waals surface area contributed by atoms with Gasteiger partial charge in [-0.15, -0.1) is 0 Å². The van der Waals surface area contributed by atoms with Crippen LogP contribution in [0, 0.1) is 0 Å². The maximum atomic E-state index is 10.6. The van der Waals surface area contributed by atoms with E-state index in [1.54, 1.807) is 0 Å². The van der Waals surface area contributed by atoms with Gasteiger partial charge in [-0.25, -0.2) is 8.51 Å². The molecule has 6 heteroatoms. The predicted octanol–water partition coefficient (Wildman–Crippen LogP) is -0.772. The van der Waals surface area contributed by atoms with E-state index in [0.717, 1.165) is 0 Å². The van der Waals surface area contributed by atoms with Crippen LogP contribution in [0.2, 0.25) is 0 Å². The summed E-state index contributed by atoms with van der Waals surface area (Å²) in [6, 6.07) is 0. The molecule has 1 unspecified atom stereocenters. The number of hydrogen-bond donors (Lipinski definition) is 1. The Morgan fingerprint density at radius 3 is 2.60 bits per heavy atom. The molecule has 0 aliphatic heterocycles. The average Bonchev–Trinajstić information content (AvgIpc) is 1.87. The summed E-state index contributed by atoms with van der Waals surface area (Å²) in [5, 5.41) is 0. The van der Waals surface area contributed by atoms with Gasteiger partial charge in [0.25, 0.3) is 17.2 Å². The van der Waals surface area contributed by atoms with Gasteiger partial charge in [-0.2, -0.15) is 0 Å². The molecule has 0 radical (unpaired) electrons. The average molecular weight is 167 g/mol. The smallest absolute Gasteiger partial charge is 0.263 e. The number of methoxy groups -OCH3 is 1. The van der Waals surface area contributed by atoms with Crippen molar-refractivity contribution in [3.05, 3.63) is 0 Å². The summed E-state index contributed by atoms with van der Waals surface area (Å²) in [6.45, 7) is -0.178. The predicted molar refractivity (Wildman–Crippen MR) is 35.4 cm³/mol. The third-order valence-electron chi connectivity index (χ3n) is 0.853. The van der Waals surface area contributed by atoms with Crippen LogP contribution < -0.4 is 0 Å². The van der Waals surface area contributed by atoms with E-state index in [1.165, 1.54) is 14.2 Å². The lowest BCUT2D eigenvalue weighted by molar-refractivity contribution is -0.129. The topological polar surface area (TPSA) is 66.8 Å². The van der Waals surface area contributed by atoms with Crippen LogP contribution >= 0.6 is 0 Å². The van der Waals surface area contributed by atoms with Gasteiger partial charge in [-0.3, -0.25) is 9.35 Å². The lowest BCUT2D eigenvalue weighted by atomic mass is 10.7. The molecule has 0 bridgehead atoms. The number of nitrogens with zero attached hydrogens (tertiary/aromatic N) is 1. The molecule has 0 rings (SSSR count). The Morgan fingerprint density at radius 1 is 1.80 bits per heavy atom. The first-order chi connectivity index (χ1) is 4.59. The van der Waals surface area contributed by atoms with E-state index in [4.69, 9.17) is 4.55 Å². The molecule has 0 saturated carbocycles. The van der Waals surface area contributed by atoms with E-state index in [1.807, 2.05) is 0 Å². The van der Waals surface area contributed by atoms with Crippen molar-refractivity contribution in [3.8, 4) is 0 Å². The molecular formula is C4H9NO4S. The molecule has 1 amide bonds. The van der Waals surface area contributed by atoms with E-state index >= 15 is 0 Å². The van der Waals surface area contributed by atoms with Crippen LogP contribution in [0.15, 0.2) is 0 Å². The SMILES string of the molecule is COCC(=O)N(C)S(=O)O. The second kappa shape index (κ2) is 4.37. The van der Waals surface area contributed by atoms with Crippen LogP contribution in [0.1, 0.15) is 0 Å². The quantitative estimate of drug-likeness (QED) is 0.560. The first kappa shape index (κ1) is 9.54. The van der Waals surface area contributed by atoms with Crippen molar-refractivity contribution in [1.82, 2.24) is 4.31 Å². The van der Waals surface area contributed by atoms with Crippen molar-refractivity contribution in [2.45, 2.75) is 0 Å². The molecule has 0 heterocycles. The zero-order valence-corrected chi connectivity index (χ0v) is 6.55. The lowest BCUT2D eigenvalue weighted by Gasteiger charge is -2.09. The highest BCUT2D eigenvalue weighted by atomic mass is 32.2. The maximum absolute atomic E-state index is 10.6. The molecule has 0 aromatic heterocycles. The molecule has 1 atom stereocenters. The first-order valence-electron chi connectivity index (χ1n) is 2.46. The molecular weight excluding hydrogens is 158 g/mol. The van der Waals surface area contributed by atoms with Crippen LogP contribution in [-0.4, -0.2) is 39.7 Å². The summed E-state index contributed by atoms with van der Waals surface area (Å²) in [4.78, 5) is 10.6. The lowest BCUT2D eigenvalue weighted by Crippen LogP contribution is -2.31. The number of ether oxygens (including phenoxy) is 1. The fraction of sp³-hybridized carbons (Fsp3) is 0.750. The minimum absolute atomic E-state index is 0.178. The van der Waals surface area contributed by atoms with Crippen molar-refractivity contribution < 1.29 is 18.3 Å². The normalized spacial score (nSPS) is 12.7. The molecule has 0 aliphatic carbocycles. The fourth-order valence-electron chi connectivity index (χ4n) is 0.301. The van der Waals surface area contributed by atoms with Gasteiger partial charge in [-0.05, 0) is 0 Å². The van der Waals surface area contributed by atoms with Crippen LogP contribution in [0.25, 0.3) is 0 Å². The maximum Gasteiger partial charge on any atom is 0.263 e. The fourth-order valence-corrected chi connectivity index (χ4v) is 0.528. The number of likely N-dealkylation sites (N-methyl/N-ethyl adjacent to an activating group) is 1. The number of rotatable bonds is 3. The third kappa shape index (κ3) is 2.90. The van der Waals surface area contributed by atoms with Crippen LogP contribution in [0.5, 0.6) is 0 Å². The standard InChI is InChI=1S/C4H9NO4S/c1-5(10(7)8)4(6)3-9-2/h3H2,1-2H3,(H,7,8). The Labute approximate surface area is 61.4 Å². The van der Waals surface area contributed by atoms with Crippen LogP contribution in [0.4, 0.5) is 0 Å². The monoisotopic (exact) mass is 167 g/mol. The van der Waals surface area contributed by atoms with Crippen molar-refractivity contribution in [2.24, 2.45) is 0 Å². The van der Waals surface area contributed by atoms with E-state index in [9.17, 15) is 9.00 Å². The van der Waals surface area contributed by atoms with Gasteiger partial charge in [0.05, 0.1) is 0 Å². The summed E-state index contributed by atoms with van der Waals surface area (Å²) in [5.41, 5.74) is 0. The Morgan fingerprint density at radius 2 is 2.30 bits per heavy atom. The minimum Gasteiger partial charge on any atom is -0.375 e. The van der Waals surface area contributed by atoms with E-state index in [0.29, 0.717) is 4.31 Å². The van der Waals surface area contributed by atoms with Crippen LogP contribution in [-0.2, 0) is 20.8 Å². The van der Waals surface area contributed by atoms with E-state index in [-0.39, 0.29) is 6.61 Å². The molecule has 0 spiro atoms. The van der Waals surface area contributed by atoms with Crippen molar-refractivity contribution >= 4 is 17.2 Å². The highest BCUT2D eigenvalue weighted by Gasteiger charge is 2.11. The van der Waals surface area contributed by atoms with E-state index < -0.39 is 17.2 Å². The van der Waals surface area contributed by atoms with Gasteiger partial charge in [0, 0.05) is 14.2 Å². The molecule has 10 heavy (non-hydrogen) atoms. The summed E-state index contributed by atoms with van der Waals surface area (Å²) in [7, 11) is 2.56. The molecule has 0 aliphatic rings. The Hall–Kier alpha value is -0.460. The van der Waals surface area contributed by atoms with Gasteiger partial charge in [0.1, 0.15) is 6.61 Å². The zero-order valence-electron chi connectivity index (χ0n) is 5.73. The van der Waals surface area contributed by atoms with Crippen molar-refractivity contribution in [3.63, 3.8) is 0 Å². The second-order valence-corrected chi connectivity index (χ2v) is 2.56. The Bertz CT molecular complexity index is 148. The molecule has 0 aromatic rings. The third-order valence-corrected chi connectivity index (χ3v) is 1.53. The highest BCUT2D eigenvalue weighted by Crippen LogP contribution is 1.87. The first-order valence-corrected chi connectivity index (χ1v) is 3.52. The minimum atomic E-state index is -2.24. The number of amides is 1. The summed E-state index contributed by atoms with van der Waals surface area (Å²) >= 11 is -2.24. The molecule has 0 saturated heterocycles. The van der Waals surface area contributed by atoms with Gasteiger partial charge < -0.3 is 4.74 Å². The molecule has 1 N–H and O–H groups in total. The number of carbonyl (C=O) groups is 1. The van der Waals surface area contributed by atoms with Gasteiger partial charge in [0.15, 0.2) is 0 Å². The summed E-state index contributed by atoms with van der Waals surface area (Å²) < 4.78 is 23.6. The zero-order chi connectivity index (χ0) is 8.15. The van der Waals surface area contributed by atoms with Crippen molar-refractivity contribution in [2.75, 3.05) is 20.8 Å². The second-order valence-electron chi connectivity index (χ2n) is 1.55. The van der Waals surface area contributed by atoms with Gasteiger partial charge >= 0.3 is 0 Å². The van der Waals surface area contributed by atoms with Gasteiger partial charge in [-0.1, -0.05) is 0 Å². The van der Waals surface area contributed by atoms with Crippen molar-refractivity contribution in [1.29, 1.82) is 0 Å². The Balaban J connectivity index is 3.82. The summed E-state index contributed by atoms with van der Waals surface area (Å²) in [5.74, 6) is -0.525. The van der Waals surface area contributed by atoms with Crippen LogP contribution in [0.3, 0.4) is 0 Å². The van der Waals surface area contributed by atoms with Gasteiger partial charge in [0.2, 0.25) is 0 Å². The van der Waals surface area contributed by atoms with E-state index in [2.05, 4.69) is 4.74 Å². The number of carbonyl (C=O) groups excluding carboxylic acids is 1.